The van der Waals surface area contributed by atoms with Crippen LogP contribution in [-0.4, -0.2) is 111 Å². The van der Waals surface area contributed by atoms with Gasteiger partial charge in [0.1, 0.15) is 23.1 Å². The molecule has 2 aliphatic rings. The lowest BCUT2D eigenvalue weighted by molar-refractivity contribution is 0.122. The largest absolute Gasteiger partial charge is 0.497 e. The van der Waals surface area contributed by atoms with Gasteiger partial charge in [-0.05, 0) is 68.0 Å². The maximum atomic E-state index is 5.66. The zero-order chi connectivity index (χ0) is 36.7. The predicted octanol–water partition coefficient (Wildman–Crippen LogP) is 5.08. The number of rotatable bonds is 14. The molecule has 1 fully saturated rings. The van der Waals surface area contributed by atoms with Gasteiger partial charge in [0.15, 0.2) is 0 Å². The van der Waals surface area contributed by atoms with Crippen molar-refractivity contribution in [3.8, 4) is 22.8 Å². The molecule has 1 saturated heterocycles. The Balaban J connectivity index is 1.20. The first-order chi connectivity index (χ1) is 25.9. The van der Waals surface area contributed by atoms with Gasteiger partial charge in [-0.15, -0.1) is 0 Å². The molecule has 0 aliphatic carbocycles. The van der Waals surface area contributed by atoms with Crippen LogP contribution in [0, 0.1) is 0 Å². The van der Waals surface area contributed by atoms with Crippen molar-refractivity contribution in [1.29, 1.82) is 0 Å². The van der Waals surface area contributed by atoms with Crippen LogP contribution in [-0.2, 0) is 24.2 Å². The highest BCUT2D eigenvalue weighted by Gasteiger charge is 2.30. The molecule has 0 amide bonds. The fourth-order valence-corrected chi connectivity index (χ4v) is 6.57. The molecule has 276 valence electrons. The molecule has 5 aromatic rings. The lowest BCUT2D eigenvalue weighted by Gasteiger charge is -2.28. The first-order valence-corrected chi connectivity index (χ1v) is 18.0. The molecule has 13 nitrogen and oxygen atoms in total. The Morgan fingerprint density at radius 1 is 0.717 bits per heavy atom. The summed E-state index contributed by atoms with van der Waals surface area (Å²) >= 11 is 0. The molecule has 0 saturated carbocycles. The van der Waals surface area contributed by atoms with Gasteiger partial charge in [0.05, 0.1) is 45.0 Å². The number of morpholine rings is 1. The molecule has 53 heavy (non-hydrogen) atoms. The second-order valence-electron chi connectivity index (χ2n) is 13.6. The van der Waals surface area contributed by atoms with E-state index in [1.807, 2.05) is 42.9 Å². The molecule has 0 unspecified atom stereocenters. The molecule has 7 rings (SSSR count). The maximum Gasteiger partial charge on any atom is 0.228 e. The van der Waals surface area contributed by atoms with Crippen LogP contribution in [0.4, 0.5) is 29.2 Å². The van der Waals surface area contributed by atoms with Crippen molar-refractivity contribution in [3.63, 3.8) is 0 Å². The van der Waals surface area contributed by atoms with Crippen molar-refractivity contribution in [2.45, 2.75) is 19.5 Å². The van der Waals surface area contributed by atoms with Crippen LogP contribution in [0.2, 0.25) is 0 Å². The van der Waals surface area contributed by atoms with Crippen molar-refractivity contribution < 1.29 is 14.2 Å². The van der Waals surface area contributed by atoms with Crippen LogP contribution >= 0.6 is 0 Å². The second kappa shape index (κ2) is 16.4. The minimum absolute atomic E-state index is 0.618. The molecular weight excluding hydrogens is 669 g/mol. The summed E-state index contributed by atoms with van der Waals surface area (Å²) in [6.07, 6.45) is 6.53. The molecule has 2 aromatic carbocycles. The van der Waals surface area contributed by atoms with Gasteiger partial charge in [0.25, 0.3) is 0 Å². The third-order valence-corrected chi connectivity index (χ3v) is 9.69. The normalized spacial score (nSPS) is 14.0. The zero-order valence-corrected chi connectivity index (χ0v) is 31.3. The van der Waals surface area contributed by atoms with Crippen molar-refractivity contribution in [1.82, 2.24) is 29.8 Å². The number of hydrogen-bond donors (Lipinski definition) is 0. The number of likely N-dealkylation sites (N-methyl/N-ethyl adjacent to an activating group) is 2. The third-order valence-electron chi connectivity index (χ3n) is 9.69. The van der Waals surface area contributed by atoms with E-state index in [1.165, 1.54) is 0 Å². The number of hydrogen-bond acceptors (Lipinski definition) is 13. The number of anilines is 5. The van der Waals surface area contributed by atoms with Crippen molar-refractivity contribution in [2.24, 2.45) is 0 Å². The molecule has 3 aromatic heterocycles. The Morgan fingerprint density at radius 2 is 1.36 bits per heavy atom. The van der Waals surface area contributed by atoms with Crippen LogP contribution < -0.4 is 29.1 Å². The van der Waals surface area contributed by atoms with Crippen LogP contribution in [0.5, 0.6) is 11.5 Å². The van der Waals surface area contributed by atoms with Crippen LogP contribution in [0.25, 0.3) is 11.3 Å². The van der Waals surface area contributed by atoms with Gasteiger partial charge in [-0.2, -0.15) is 4.98 Å². The summed E-state index contributed by atoms with van der Waals surface area (Å²) in [5.74, 6) is 4.80. The second-order valence-corrected chi connectivity index (χ2v) is 13.6. The average Bonchev–Trinajstić information content (AvgIpc) is 3.64. The summed E-state index contributed by atoms with van der Waals surface area (Å²) in [7, 11) is 9.60. The molecule has 0 spiro atoms. The standard InChI is InChI=1S/C40H48N10O3/c1-46(2)18-19-47(3)36-15-10-32(26-41-36)50-17-16-35-37(44-40(45-38(35)50)48-20-22-53-23-21-48)31-24-42-39(43-25-31)49(27-29-6-11-33(51-4)12-7-29)28-30-8-13-34(52-5)14-9-30/h6-15,24-26H,16-23,27-28H2,1-5H3. The lowest BCUT2D eigenvalue weighted by Crippen LogP contribution is -2.37. The maximum absolute atomic E-state index is 5.66. The topological polar surface area (TPSA) is 108 Å². The van der Waals surface area contributed by atoms with E-state index >= 15 is 0 Å². The number of pyridine rings is 1. The van der Waals surface area contributed by atoms with Crippen LogP contribution in [0.15, 0.2) is 79.3 Å². The fourth-order valence-electron chi connectivity index (χ4n) is 6.57. The molecule has 0 N–H and O–H groups in total. The molecule has 13 heteroatoms. The summed E-state index contributed by atoms with van der Waals surface area (Å²) in [5.41, 5.74) is 6.05. The van der Waals surface area contributed by atoms with Gasteiger partial charge in [0, 0.05) is 76.4 Å². The smallest absolute Gasteiger partial charge is 0.228 e. The first kappa shape index (κ1) is 35.9. The molecule has 5 heterocycles. The number of ether oxygens (including phenoxy) is 3. The van der Waals surface area contributed by atoms with Crippen molar-refractivity contribution >= 4 is 29.2 Å². The third kappa shape index (κ3) is 8.42. The minimum atomic E-state index is 0.618. The zero-order valence-electron chi connectivity index (χ0n) is 31.3. The molecular formula is C40H48N10O3. The summed E-state index contributed by atoms with van der Waals surface area (Å²) in [6, 6.07) is 20.4. The van der Waals surface area contributed by atoms with E-state index in [4.69, 9.17) is 39.1 Å². The predicted molar refractivity (Wildman–Crippen MR) is 209 cm³/mol. The van der Waals surface area contributed by atoms with Gasteiger partial charge in [0.2, 0.25) is 11.9 Å². The molecule has 2 aliphatic heterocycles. The van der Waals surface area contributed by atoms with Gasteiger partial charge >= 0.3 is 0 Å². The van der Waals surface area contributed by atoms with E-state index < -0.39 is 0 Å². The highest BCUT2D eigenvalue weighted by molar-refractivity contribution is 5.76. The lowest BCUT2D eigenvalue weighted by atomic mass is 10.1. The van der Waals surface area contributed by atoms with E-state index in [9.17, 15) is 0 Å². The van der Waals surface area contributed by atoms with E-state index in [1.54, 1.807) is 14.2 Å². The van der Waals surface area contributed by atoms with Gasteiger partial charge in [-0.3, -0.25) is 0 Å². The number of fused-ring (bicyclic) bond motifs is 1. The van der Waals surface area contributed by atoms with E-state index in [0.717, 1.165) is 95.9 Å². The van der Waals surface area contributed by atoms with Crippen molar-refractivity contribution in [2.75, 3.05) is 101 Å². The highest BCUT2D eigenvalue weighted by Crippen LogP contribution is 2.39. The summed E-state index contributed by atoms with van der Waals surface area (Å²) in [4.78, 5) is 36.0. The summed E-state index contributed by atoms with van der Waals surface area (Å²) in [5, 5.41) is 0. The quantitative estimate of drug-likeness (QED) is 0.153. The SMILES string of the molecule is COc1ccc(CN(Cc2ccc(OC)cc2)c2ncc(-c3nc(N4CCOCC4)nc4c3CCN4c3ccc(N(C)CCN(C)C)nc3)cn2)cc1. The molecule has 0 atom stereocenters. The van der Waals surface area contributed by atoms with Crippen molar-refractivity contribution in [3.05, 3.63) is 95.9 Å². The summed E-state index contributed by atoms with van der Waals surface area (Å²) < 4.78 is 16.4. The molecule has 0 radical (unpaired) electrons. The fraction of sp³-hybridized carbons (Fsp3) is 0.375. The number of benzene rings is 2. The average molecular weight is 717 g/mol. The Morgan fingerprint density at radius 3 is 1.92 bits per heavy atom. The van der Waals surface area contributed by atoms with E-state index in [-0.39, 0.29) is 0 Å². The van der Waals surface area contributed by atoms with Crippen LogP contribution in [0.1, 0.15) is 16.7 Å². The number of methoxy groups -OCH3 is 2. The minimum Gasteiger partial charge on any atom is -0.497 e. The monoisotopic (exact) mass is 716 g/mol. The van der Waals surface area contributed by atoms with Gasteiger partial charge in [-0.25, -0.2) is 19.9 Å². The Hall–Kier alpha value is -5.53. The Labute approximate surface area is 311 Å². The highest BCUT2D eigenvalue weighted by atomic mass is 16.5. The first-order valence-electron chi connectivity index (χ1n) is 18.0. The van der Waals surface area contributed by atoms with Gasteiger partial charge < -0.3 is 38.7 Å². The van der Waals surface area contributed by atoms with E-state index in [0.29, 0.717) is 38.2 Å². The number of aromatic nitrogens is 5. The molecule has 0 bridgehead atoms. The van der Waals surface area contributed by atoms with E-state index in [2.05, 4.69) is 82.0 Å². The number of nitrogens with zero attached hydrogens (tertiary/aromatic N) is 10. The summed E-state index contributed by atoms with van der Waals surface area (Å²) in [6.45, 7) is 6.61. The Bertz CT molecular complexity index is 1890. The Kier molecular flexibility index (Phi) is 11.1. The van der Waals surface area contributed by atoms with Gasteiger partial charge in [-0.1, -0.05) is 24.3 Å². The van der Waals surface area contributed by atoms with Crippen LogP contribution in [0.3, 0.4) is 0 Å².